The lowest BCUT2D eigenvalue weighted by molar-refractivity contribution is 0.108. The Morgan fingerprint density at radius 1 is 1.21 bits per heavy atom. The summed E-state index contributed by atoms with van der Waals surface area (Å²) in [6, 6.07) is 0. The highest BCUT2D eigenvalue weighted by Crippen LogP contribution is 2.27. The average Bonchev–Trinajstić information content (AvgIpc) is 2.67. The minimum atomic E-state index is 0.246. The highest BCUT2D eigenvalue weighted by atomic mass is 16.5. The van der Waals surface area contributed by atoms with Crippen molar-refractivity contribution in [1.29, 1.82) is 0 Å². The van der Waals surface area contributed by atoms with Crippen LogP contribution in [0.1, 0.15) is 43.9 Å². The van der Waals surface area contributed by atoms with E-state index in [1.807, 2.05) is 0 Å². The fourth-order valence-electron chi connectivity index (χ4n) is 3.03. The van der Waals surface area contributed by atoms with Crippen LogP contribution in [0.3, 0.4) is 0 Å². The standard InChI is InChI=1S/C15H23N3O/c1-11-7-8-16-9-14(11)19-15-12-5-3-2-4-6-13(12)17-10-18-15/h10-11,14,16H,2-9H2,1H3. The second-order valence-electron chi connectivity index (χ2n) is 5.79. The SMILES string of the molecule is CC1CCNCC1Oc1ncnc2c1CCCCC2. The third-order valence-corrected chi connectivity index (χ3v) is 4.36. The molecule has 2 aliphatic rings. The number of hydrogen-bond donors (Lipinski definition) is 1. The van der Waals surface area contributed by atoms with Crippen LogP contribution in [0.5, 0.6) is 5.88 Å². The van der Waals surface area contributed by atoms with Gasteiger partial charge in [0.25, 0.3) is 0 Å². The van der Waals surface area contributed by atoms with Crippen LogP contribution in [0.2, 0.25) is 0 Å². The van der Waals surface area contributed by atoms with Crippen LogP contribution in [0.15, 0.2) is 6.33 Å². The average molecular weight is 261 g/mol. The van der Waals surface area contributed by atoms with Gasteiger partial charge in [0.2, 0.25) is 5.88 Å². The summed E-state index contributed by atoms with van der Waals surface area (Å²) in [4.78, 5) is 8.85. The van der Waals surface area contributed by atoms with Crippen molar-refractivity contribution < 1.29 is 4.74 Å². The number of aromatic nitrogens is 2. The largest absolute Gasteiger partial charge is 0.472 e. The Labute approximate surface area is 115 Å². The molecule has 2 unspecified atom stereocenters. The molecular weight excluding hydrogens is 238 g/mol. The maximum absolute atomic E-state index is 6.21. The van der Waals surface area contributed by atoms with E-state index in [9.17, 15) is 0 Å². The quantitative estimate of drug-likeness (QED) is 0.828. The lowest BCUT2D eigenvalue weighted by Gasteiger charge is -2.30. The van der Waals surface area contributed by atoms with E-state index in [0.29, 0.717) is 5.92 Å². The normalized spacial score (nSPS) is 27.4. The lowest BCUT2D eigenvalue weighted by Crippen LogP contribution is -2.43. The van der Waals surface area contributed by atoms with E-state index in [-0.39, 0.29) is 6.10 Å². The summed E-state index contributed by atoms with van der Waals surface area (Å²) in [5, 5.41) is 3.41. The first kappa shape index (κ1) is 12.9. The number of nitrogens with zero attached hydrogens (tertiary/aromatic N) is 2. The van der Waals surface area contributed by atoms with Crippen LogP contribution >= 0.6 is 0 Å². The molecule has 0 amide bonds. The zero-order chi connectivity index (χ0) is 13.1. The maximum Gasteiger partial charge on any atom is 0.220 e. The van der Waals surface area contributed by atoms with E-state index in [2.05, 4.69) is 22.2 Å². The summed E-state index contributed by atoms with van der Waals surface area (Å²) in [6.07, 6.45) is 9.00. The summed E-state index contributed by atoms with van der Waals surface area (Å²) in [5.41, 5.74) is 2.47. The minimum Gasteiger partial charge on any atom is -0.472 e. The van der Waals surface area contributed by atoms with Gasteiger partial charge in [0.05, 0.1) is 5.69 Å². The van der Waals surface area contributed by atoms with Gasteiger partial charge >= 0.3 is 0 Å². The van der Waals surface area contributed by atoms with Crippen LogP contribution in [-0.2, 0) is 12.8 Å². The molecule has 2 atom stereocenters. The molecule has 1 aromatic rings. The Hall–Kier alpha value is -1.16. The fourth-order valence-corrected chi connectivity index (χ4v) is 3.03. The molecule has 0 radical (unpaired) electrons. The molecule has 1 aromatic heterocycles. The van der Waals surface area contributed by atoms with E-state index in [1.54, 1.807) is 6.33 Å². The number of rotatable bonds is 2. The molecule has 0 aromatic carbocycles. The molecule has 1 aliphatic heterocycles. The van der Waals surface area contributed by atoms with Gasteiger partial charge in [-0.3, -0.25) is 0 Å². The summed E-state index contributed by atoms with van der Waals surface area (Å²) in [6.45, 7) is 4.30. The zero-order valence-electron chi connectivity index (χ0n) is 11.7. The van der Waals surface area contributed by atoms with Gasteiger partial charge in [0.1, 0.15) is 12.4 Å². The van der Waals surface area contributed by atoms with Gasteiger partial charge in [0.15, 0.2) is 0 Å². The third kappa shape index (κ3) is 2.89. The Kier molecular flexibility index (Phi) is 3.97. The molecule has 0 saturated carbocycles. The van der Waals surface area contributed by atoms with Crippen molar-refractivity contribution in [3.8, 4) is 5.88 Å². The van der Waals surface area contributed by atoms with Crippen molar-refractivity contribution in [1.82, 2.24) is 15.3 Å². The van der Waals surface area contributed by atoms with E-state index >= 15 is 0 Å². The smallest absolute Gasteiger partial charge is 0.220 e. The molecule has 1 aliphatic carbocycles. The van der Waals surface area contributed by atoms with E-state index < -0.39 is 0 Å². The van der Waals surface area contributed by atoms with Gasteiger partial charge in [-0.15, -0.1) is 0 Å². The predicted molar refractivity (Wildman–Crippen MR) is 74.4 cm³/mol. The number of fused-ring (bicyclic) bond motifs is 1. The number of ether oxygens (including phenoxy) is 1. The van der Waals surface area contributed by atoms with Crippen LogP contribution in [-0.4, -0.2) is 29.2 Å². The van der Waals surface area contributed by atoms with Gasteiger partial charge in [0, 0.05) is 12.1 Å². The number of piperidine rings is 1. The van der Waals surface area contributed by atoms with E-state index in [4.69, 9.17) is 4.74 Å². The first-order valence-corrected chi connectivity index (χ1v) is 7.54. The van der Waals surface area contributed by atoms with E-state index in [0.717, 1.165) is 31.8 Å². The van der Waals surface area contributed by atoms with Gasteiger partial charge in [-0.1, -0.05) is 13.3 Å². The predicted octanol–water partition coefficient (Wildman–Crippen LogP) is 2.12. The topological polar surface area (TPSA) is 47.0 Å². The Morgan fingerprint density at radius 3 is 3.00 bits per heavy atom. The Morgan fingerprint density at radius 2 is 2.11 bits per heavy atom. The first-order chi connectivity index (χ1) is 9.34. The number of hydrogen-bond acceptors (Lipinski definition) is 4. The highest BCUT2D eigenvalue weighted by molar-refractivity contribution is 5.31. The van der Waals surface area contributed by atoms with Crippen molar-refractivity contribution in [2.45, 2.75) is 51.6 Å². The van der Waals surface area contributed by atoms with Crippen LogP contribution in [0.4, 0.5) is 0 Å². The van der Waals surface area contributed by atoms with Gasteiger partial charge < -0.3 is 10.1 Å². The summed E-state index contributed by atoms with van der Waals surface area (Å²) in [7, 11) is 0. The third-order valence-electron chi connectivity index (χ3n) is 4.36. The molecule has 1 fully saturated rings. The number of aryl methyl sites for hydroxylation is 1. The van der Waals surface area contributed by atoms with Crippen molar-refractivity contribution in [3.05, 3.63) is 17.6 Å². The summed E-state index contributed by atoms with van der Waals surface area (Å²) < 4.78 is 6.21. The molecule has 3 rings (SSSR count). The minimum absolute atomic E-state index is 0.246. The molecule has 2 heterocycles. The maximum atomic E-state index is 6.21. The Bertz CT molecular complexity index is 435. The first-order valence-electron chi connectivity index (χ1n) is 7.54. The molecule has 0 bridgehead atoms. The molecule has 4 heteroatoms. The lowest BCUT2D eigenvalue weighted by atomic mass is 9.97. The van der Waals surface area contributed by atoms with E-state index in [1.165, 1.54) is 36.9 Å². The molecule has 1 saturated heterocycles. The fraction of sp³-hybridized carbons (Fsp3) is 0.733. The van der Waals surface area contributed by atoms with Gasteiger partial charge in [-0.05, 0) is 44.6 Å². The van der Waals surface area contributed by atoms with Crippen molar-refractivity contribution in [2.24, 2.45) is 5.92 Å². The van der Waals surface area contributed by atoms with Crippen molar-refractivity contribution in [2.75, 3.05) is 13.1 Å². The molecule has 19 heavy (non-hydrogen) atoms. The second-order valence-corrected chi connectivity index (χ2v) is 5.79. The highest BCUT2D eigenvalue weighted by Gasteiger charge is 2.25. The molecule has 104 valence electrons. The monoisotopic (exact) mass is 261 g/mol. The summed E-state index contributed by atoms with van der Waals surface area (Å²) >= 11 is 0. The van der Waals surface area contributed by atoms with Crippen LogP contribution in [0, 0.1) is 5.92 Å². The summed E-state index contributed by atoms with van der Waals surface area (Å²) in [5.74, 6) is 1.44. The number of nitrogens with one attached hydrogen (secondary N) is 1. The second kappa shape index (κ2) is 5.87. The molecule has 0 spiro atoms. The van der Waals surface area contributed by atoms with Gasteiger partial charge in [-0.25, -0.2) is 9.97 Å². The Balaban J connectivity index is 1.80. The van der Waals surface area contributed by atoms with Crippen LogP contribution in [0.25, 0.3) is 0 Å². The zero-order valence-corrected chi connectivity index (χ0v) is 11.7. The van der Waals surface area contributed by atoms with Gasteiger partial charge in [-0.2, -0.15) is 0 Å². The van der Waals surface area contributed by atoms with Crippen LogP contribution < -0.4 is 10.1 Å². The van der Waals surface area contributed by atoms with Crippen molar-refractivity contribution in [3.63, 3.8) is 0 Å². The molecule has 1 N–H and O–H groups in total. The molecule has 4 nitrogen and oxygen atoms in total. The van der Waals surface area contributed by atoms with Crippen molar-refractivity contribution >= 4 is 0 Å². The molecular formula is C15H23N3O.